The minimum atomic E-state index is -1.53. The number of hydrogen-bond donors (Lipinski definition) is 8. The van der Waals surface area contributed by atoms with Crippen molar-refractivity contribution >= 4 is 23.7 Å². The number of phenolic OH excluding ortho intramolecular Hbond substituents is 1. The van der Waals surface area contributed by atoms with Gasteiger partial charge in [-0.15, -0.1) is 0 Å². The summed E-state index contributed by atoms with van der Waals surface area (Å²) in [4.78, 5) is 51.7. The highest BCUT2D eigenvalue weighted by atomic mass is 16.4. The quantitative estimate of drug-likeness (QED) is 0.170. The number of aromatic hydroxyl groups is 1. The minimum Gasteiger partial charge on any atom is -0.508 e. The van der Waals surface area contributed by atoms with Crippen molar-refractivity contribution in [1.82, 2.24) is 20.9 Å². The number of phenols is 1. The van der Waals surface area contributed by atoms with E-state index in [1.54, 1.807) is 0 Å². The molecule has 0 radical (unpaired) electrons. The van der Waals surface area contributed by atoms with E-state index in [0.29, 0.717) is 5.56 Å². The highest BCUT2D eigenvalue weighted by Crippen LogP contribution is 2.22. The zero-order chi connectivity index (χ0) is 26.6. The van der Waals surface area contributed by atoms with Crippen LogP contribution >= 0.6 is 0 Å². The van der Waals surface area contributed by atoms with Gasteiger partial charge in [-0.05, 0) is 31.0 Å². The maximum atomic E-state index is 13.0. The van der Waals surface area contributed by atoms with Gasteiger partial charge in [-0.25, -0.2) is 4.79 Å². The number of amides is 3. The van der Waals surface area contributed by atoms with Crippen molar-refractivity contribution in [1.29, 1.82) is 0 Å². The number of likely N-dealkylation sites (tertiary alicyclic amines) is 1. The molecule has 0 bridgehead atoms. The monoisotopic (exact) mass is 508 g/mol. The van der Waals surface area contributed by atoms with E-state index in [0.717, 1.165) is 0 Å². The zero-order valence-corrected chi connectivity index (χ0v) is 19.7. The van der Waals surface area contributed by atoms with Crippen LogP contribution in [-0.2, 0) is 25.6 Å². The summed E-state index contributed by atoms with van der Waals surface area (Å²) in [6, 6.07) is 1.01. The molecule has 36 heavy (non-hydrogen) atoms. The van der Waals surface area contributed by atoms with Gasteiger partial charge >= 0.3 is 5.97 Å². The Morgan fingerprint density at radius 3 is 2.31 bits per heavy atom. The molecule has 0 spiro atoms. The predicted octanol–water partition coefficient (Wildman–Crippen LogP) is -2.95. The molecule has 2 aliphatic heterocycles. The van der Waals surface area contributed by atoms with Crippen molar-refractivity contribution in [3.05, 3.63) is 29.8 Å². The number of aliphatic hydroxyl groups is 3. The summed E-state index contributed by atoms with van der Waals surface area (Å²) in [6.07, 6.45) is -3.11. The SMILES string of the molecule is C[C@@H](O)[C@H](NC(=O)[C@@H]1C[C@@H](O)CN1C(=O)[C@@H]1C[C@@H](O)CN1)C(=O)N[C@@H](Cc1ccc(O)cc1)C(=O)O. The molecule has 8 N–H and O–H groups in total. The number of carboxylic acids is 1. The van der Waals surface area contributed by atoms with Gasteiger partial charge in [0, 0.05) is 25.9 Å². The van der Waals surface area contributed by atoms with Gasteiger partial charge in [0.05, 0.1) is 24.4 Å². The molecule has 1 aromatic carbocycles. The van der Waals surface area contributed by atoms with Crippen LogP contribution in [0.4, 0.5) is 0 Å². The molecule has 3 rings (SSSR count). The molecule has 2 aliphatic rings. The highest BCUT2D eigenvalue weighted by Gasteiger charge is 2.44. The van der Waals surface area contributed by atoms with Crippen molar-refractivity contribution in [2.75, 3.05) is 13.1 Å². The second-order valence-electron chi connectivity index (χ2n) is 9.24. The third-order valence-electron chi connectivity index (χ3n) is 6.32. The van der Waals surface area contributed by atoms with Crippen LogP contribution in [-0.4, -0.2) is 110 Å². The Bertz CT molecular complexity index is 971. The first-order valence-corrected chi connectivity index (χ1v) is 11.7. The highest BCUT2D eigenvalue weighted by molar-refractivity contribution is 5.95. The van der Waals surface area contributed by atoms with Gasteiger partial charge in [0.25, 0.3) is 0 Å². The van der Waals surface area contributed by atoms with E-state index in [2.05, 4.69) is 16.0 Å². The Labute approximate surface area is 207 Å². The maximum absolute atomic E-state index is 13.0. The van der Waals surface area contributed by atoms with Crippen LogP contribution in [0.3, 0.4) is 0 Å². The van der Waals surface area contributed by atoms with Crippen molar-refractivity contribution in [2.24, 2.45) is 0 Å². The number of carboxylic acid groups (broad SMARTS) is 1. The van der Waals surface area contributed by atoms with Crippen LogP contribution in [0.1, 0.15) is 25.3 Å². The van der Waals surface area contributed by atoms with E-state index in [9.17, 15) is 44.7 Å². The summed E-state index contributed by atoms with van der Waals surface area (Å²) in [5, 5.41) is 56.4. The van der Waals surface area contributed by atoms with Gasteiger partial charge < -0.3 is 46.4 Å². The van der Waals surface area contributed by atoms with Gasteiger partial charge in [-0.1, -0.05) is 12.1 Å². The lowest BCUT2D eigenvalue weighted by Gasteiger charge is -2.29. The van der Waals surface area contributed by atoms with Gasteiger partial charge in [0.15, 0.2) is 0 Å². The summed E-state index contributed by atoms with van der Waals surface area (Å²) in [5.74, 6) is -3.54. The van der Waals surface area contributed by atoms with Crippen molar-refractivity contribution in [2.45, 2.75) is 68.7 Å². The van der Waals surface area contributed by atoms with Crippen molar-refractivity contribution in [3.8, 4) is 5.75 Å². The summed E-state index contributed by atoms with van der Waals surface area (Å²) >= 11 is 0. The van der Waals surface area contributed by atoms with Crippen molar-refractivity contribution in [3.63, 3.8) is 0 Å². The van der Waals surface area contributed by atoms with Crippen LogP contribution < -0.4 is 16.0 Å². The zero-order valence-electron chi connectivity index (χ0n) is 19.7. The van der Waals surface area contributed by atoms with E-state index >= 15 is 0 Å². The molecule has 7 atom stereocenters. The number of nitrogens with one attached hydrogen (secondary N) is 3. The average Bonchev–Trinajstić information content (AvgIpc) is 3.43. The first-order valence-electron chi connectivity index (χ1n) is 11.7. The predicted molar refractivity (Wildman–Crippen MR) is 124 cm³/mol. The number of nitrogens with zero attached hydrogens (tertiary/aromatic N) is 1. The second kappa shape index (κ2) is 11.6. The van der Waals surface area contributed by atoms with Crippen LogP contribution in [0.15, 0.2) is 24.3 Å². The number of aliphatic carboxylic acids is 1. The van der Waals surface area contributed by atoms with Gasteiger partial charge in [-0.2, -0.15) is 0 Å². The molecular formula is C23H32N4O9. The number of β-amino-alcohol motifs (C(OH)–C–C–N with tert-alkyl or cyclic N) is 2. The molecule has 2 heterocycles. The van der Waals surface area contributed by atoms with Gasteiger partial charge in [0.1, 0.15) is 23.9 Å². The molecule has 3 amide bonds. The molecule has 1 aromatic rings. The summed E-state index contributed by atoms with van der Waals surface area (Å²) < 4.78 is 0. The third kappa shape index (κ3) is 6.69. The van der Waals surface area contributed by atoms with E-state index in [4.69, 9.17) is 0 Å². The van der Waals surface area contributed by atoms with E-state index in [-0.39, 0.29) is 38.1 Å². The molecule has 0 aliphatic carbocycles. The Morgan fingerprint density at radius 2 is 1.75 bits per heavy atom. The standard InChI is InChI=1S/C23H32N4O9/c1-11(28)19(21(33)25-17(23(35)36)6-12-2-4-13(29)5-3-12)26-20(32)18-8-15(31)10-27(18)22(34)16-7-14(30)9-24-16/h2-5,11,14-19,24,28-31H,6-10H2,1H3,(H,25,33)(H,26,32)(H,35,36)/t11-,14-,15-,16+,17+,18+,19+/m1/s1. The Kier molecular flexibility index (Phi) is 8.84. The molecule has 2 saturated heterocycles. The van der Waals surface area contributed by atoms with E-state index in [1.165, 1.54) is 36.1 Å². The van der Waals surface area contributed by atoms with Crippen LogP contribution in [0.25, 0.3) is 0 Å². The number of aliphatic hydroxyl groups excluding tert-OH is 3. The lowest BCUT2D eigenvalue weighted by Crippen LogP contribution is -2.59. The van der Waals surface area contributed by atoms with E-state index < -0.39 is 66.2 Å². The average molecular weight is 509 g/mol. The van der Waals surface area contributed by atoms with Gasteiger partial charge in [0.2, 0.25) is 17.7 Å². The molecular weight excluding hydrogens is 476 g/mol. The van der Waals surface area contributed by atoms with Crippen LogP contribution in [0, 0.1) is 0 Å². The van der Waals surface area contributed by atoms with Gasteiger partial charge in [-0.3, -0.25) is 14.4 Å². The topological polar surface area (TPSA) is 209 Å². The fourth-order valence-electron chi connectivity index (χ4n) is 4.40. The molecule has 0 unspecified atom stereocenters. The fraction of sp³-hybridized carbons (Fsp3) is 0.565. The van der Waals surface area contributed by atoms with Crippen LogP contribution in [0.2, 0.25) is 0 Å². The smallest absolute Gasteiger partial charge is 0.326 e. The Hall–Kier alpha value is -3.26. The molecule has 13 nitrogen and oxygen atoms in total. The first kappa shape index (κ1) is 27.3. The Morgan fingerprint density at radius 1 is 1.08 bits per heavy atom. The number of carbonyl (C=O) groups excluding carboxylic acids is 3. The summed E-state index contributed by atoms with van der Waals surface area (Å²) in [7, 11) is 0. The maximum Gasteiger partial charge on any atom is 0.326 e. The fourth-order valence-corrected chi connectivity index (χ4v) is 4.40. The number of benzene rings is 1. The second-order valence-corrected chi connectivity index (χ2v) is 9.24. The molecule has 0 aromatic heterocycles. The minimum absolute atomic E-state index is 0.00371. The molecule has 13 heteroatoms. The molecule has 2 fully saturated rings. The van der Waals surface area contributed by atoms with E-state index in [1.807, 2.05) is 0 Å². The lowest BCUT2D eigenvalue weighted by atomic mass is 10.0. The number of hydrogen-bond acceptors (Lipinski definition) is 9. The molecule has 198 valence electrons. The summed E-state index contributed by atoms with van der Waals surface area (Å²) in [5.41, 5.74) is 0.526. The Balaban J connectivity index is 1.67. The third-order valence-corrected chi connectivity index (χ3v) is 6.32. The number of rotatable bonds is 9. The van der Waals surface area contributed by atoms with Crippen LogP contribution in [0.5, 0.6) is 5.75 Å². The lowest BCUT2D eigenvalue weighted by molar-refractivity contribution is -0.144. The molecule has 0 saturated carbocycles. The summed E-state index contributed by atoms with van der Waals surface area (Å²) in [6.45, 7) is 1.36. The largest absolute Gasteiger partial charge is 0.508 e. The normalized spacial score (nSPS) is 26.2. The first-order chi connectivity index (χ1) is 17.0. The number of carbonyl (C=O) groups is 4. The van der Waals surface area contributed by atoms with Crippen molar-refractivity contribution < 1.29 is 44.7 Å².